The van der Waals surface area contributed by atoms with Crippen LogP contribution in [0.1, 0.15) is 22.7 Å². The van der Waals surface area contributed by atoms with E-state index < -0.39 is 17.9 Å². The van der Waals surface area contributed by atoms with Crippen molar-refractivity contribution in [3.8, 4) is 11.5 Å². The van der Waals surface area contributed by atoms with Gasteiger partial charge in [-0.2, -0.15) is 0 Å². The third-order valence-electron chi connectivity index (χ3n) is 3.70. The van der Waals surface area contributed by atoms with E-state index >= 15 is 0 Å². The summed E-state index contributed by atoms with van der Waals surface area (Å²) >= 11 is 0. The second kappa shape index (κ2) is 8.19. The van der Waals surface area contributed by atoms with E-state index in [1.165, 1.54) is 7.11 Å². The fourth-order valence-electron chi connectivity index (χ4n) is 2.29. The van der Waals surface area contributed by atoms with Crippen LogP contribution in [0.15, 0.2) is 42.5 Å². The van der Waals surface area contributed by atoms with Crippen molar-refractivity contribution < 1.29 is 24.2 Å². The van der Waals surface area contributed by atoms with Gasteiger partial charge < -0.3 is 19.9 Å². The largest absolute Gasteiger partial charge is 0.497 e. The van der Waals surface area contributed by atoms with Crippen LogP contribution < -0.4 is 14.8 Å². The molecule has 0 fully saturated rings. The minimum Gasteiger partial charge on any atom is -0.497 e. The number of rotatable bonds is 7. The molecule has 6 heteroatoms. The summed E-state index contributed by atoms with van der Waals surface area (Å²) in [6.07, 6.45) is 0. The quantitative estimate of drug-likeness (QED) is 0.807. The molecular formula is C19H21NO5. The zero-order chi connectivity index (χ0) is 18.4. The molecule has 1 atom stereocenters. The van der Waals surface area contributed by atoms with E-state index in [9.17, 15) is 14.7 Å². The van der Waals surface area contributed by atoms with E-state index in [-0.39, 0.29) is 6.61 Å². The van der Waals surface area contributed by atoms with Crippen LogP contribution in [0.3, 0.4) is 0 Å². The van der Waals surface area contributed by atoms with Gasteiger partial charge in [-0.05, 0) is 48.7 Å². The average molecular weight is 343 g/mol. The van der Waals surface area contributed by atoms with Crippen LogP contribution in [0.4, 0.5) is 0 Å². The number of carbonyl (C=O) groups excluding carboxylic acids is 1. The number of methoxy groups -OCH3 is 1. The Morgan fingerprint density at radius 2 is 1.80 bits per heavy atom. The number of carbonyl (C=O) groups is 2. The van der Waals surface area contributed by atoms with Crippen LogP contribution in [0, 0.1) is 13.8 Å². The highest BCUT2D eigenvalue weighted by atomic mass is 16.5. The SMILES string of the molecule is COc1ccc(C(NC(=O)COc2cc(C)ccc2C)C(=O)O)cc1. The highest BCUT2D eigenvalue weighted by Gasteiger charge is 2.22. The summed E-state index contributed by atoms with van der Waals surface area (Å²) in [7, 11) is 1.52. The monoisotopic (exact) mass is 343 g/mol. The summed E-state index contributed by atoms with van der Waals surface area (Å²) in [5.41, 5.74) is 2.37. The molecule has 0 spiro atoms. The maximum Gasteiger partial charge on any atom is 0.330 e. The molecule has 2 N–H and O–H groups in total. The molecule has 0 aliphatic rings. The summed E-state index contributed by atoms with van der Waals surface area (Å²) in [4.78, 5) is 23.6. The van der Waals surface area contributed by atoms with Crippen molar-refractivity contribution in [3.63, 3.8) is 0 Å². The minimum absolute atomic E-state index is 0.260. The van der Waals surface area contributed by atoms with Crippen LogP contribution in [0.25, 0.3) is 0 Å². The summed E-state index contributed by atoms with van der Waals surface area (Å²) in [6, 6.07) is 11.0. The van der Waals surface area contributed by atoms with E-state index in [2.05, 4.69) is 5.32 Å². The Labute approximate surface area is 146 Å². The van der Waals surface area contributed by atoms with E-state index in [1.54, 1.807) is 24.3 Å². The zero-order valence-electron chi connectivity index (χ0n) is 14.4. The van der Waals surface area contributed by atoms with E-state index in [0.717, 1.165) is 11.1 Å². The first kappa shape index (κ1) is 18.3. The van der Waals surface area contributed by atoms with Gasteiger partial charge in [0.1, 0.15) is 11.5 Å². The molecule has 25 heavy (non-hydrogen) atoms. The van der Waals surface area contributed by atoms with E-state index in [0.29, 0.717) is 17.1 Å². The molecule has 0 aromatic heterocycles. The summed E-state index contributed by atoms with van der Waals surface area (Å²) < 4.78 is 10.6. The Hall–Kier alpha value is -3.02. The number of carboxylic acid groups (broad SMARTS) is 1. The van der Waals surface area contributed by atoms with Gasteiger partial charge in [-0.3, -0.25) is 4.79 Å². The van der Waals surface area contributed by atoms with Gasteiger partial charge in [0.05, 0.1) is 7.11 Å². The summed E-state index contributed by atoms with van der Waals surface area (Å²) in [6.45, 7) is 3.55. The number of aliphatic carboxylic acids is 1. The van der Waals surface area contributed by atoms with Gasteiger partial charge in [0.15, 0.2) is 12.6 Å². The van der Waals surface area contributed by atoms with Crippen molar-refractivity contribution in [2.75, 3.05) is 13.7 Å². The molecule has 0 aliphatic heterocycles. The zero-order valence-corrected chi connectivity index (χ0v) is 14.4. The molecule has 0 radical (unpaired) electrons. The minimum atomic E-state index is -1.15. The first-order valence-electron chi connectivity index (χ1n) is 7.77. The highest BCUT2D eigenvalue weighted by molar-refractivity contribution is 5.85. The lowest BCUT2D eigenvalue weighted by molar-refractivity contribution is -0.142. The van der Waals surface area contributed by atoms with Crippen molar-refractivity contribution in [2.45, 2.75) is 19.9 Å². The number of nitrogens with one attached hydrogen (secondary N) is 1. The van der Waals surface area contributed by atoms with Crippen molar-refractivity contribution in [1.82, 2.24) is 5.32 Å². The lowest BCUT2D eigenvalue weighted by Gasteiger charge is -2.16. The molecule has 0 aliphatic carbocycles. The third kappa shape index (κ3) is 4.97. The summed E-state index contributed by atoms with van der Waals surface area (Å²) in [5.74, 6) is -0.446. The maximum atomic E-state index is 12.1. The lowest BCUT2D eigenvalue weighted by atomic mass is 10.1. The molecule has 132 valence electrons. The van der Waals surface area contributed by atoms with Crippen LogP contribution in [-0.4, -0.2) is 30.7 Å². The molecule has 6 nitrogen and oxygen atoms in total. The third-order valence-corrected chi connectivity index (χ3v) is 3.70. The number of ether oxygens (including phenoxy) is 2. The Morgan fingerprint density at radius 1 is 1.12 bits per heavy atom. The number of benzene rings is 2. The molecule has 0 bridgehead atoms. The van der Waals surface area contributed by atoms with Gasteiger partial charge in [-0.15, -0.1) is 0 Å². The van der Waals surface area contributed by atoms with E-state index in [1.807, 2.05) is 32.0 Å². The second-order valence-electron chi connectivity index (χ2n) is 5.67. The van der Waals surface area contributed by atoms with Gasteiger partial charge >= 0.3 is 5.97 Å². The molecule has 2 aromatic rings. The van der Waals surface area contributed by atoms with Crippen LogP contribution in [0.2, 0.25) is 0 Å². The van der Waals surface area contributed by atoms with Gasteiger partial charge in [0.25, 0.3) is 5.91 Å². The first-order chi connectivity index (χ1) is 11.9. The van der Waals surface area contributed by atoms with Crippen molar-refractivity contribution in [3.05, 3.63) is 59.2 Å². The number of carboxylic acids is 1. The van der Waals surface area contributed by atoms with Crippen molar-refractivity contribution in [2.24, 2.45) is 0 Å². The molecular weight excluding hydrogens is 322 g/mol. The topological polar surface area (TPSA) is 84.9 Å². The molecule has 0 heterocycles. The predicted molar refractivity (Wildman–Crippen MR) is 92.9 cm³/mol. The van der Waals surface area contributed by atoms with Crippen LogP contribution in [0.5, 0.6) is 11.5 Å². The smallest absolute Gasteiger partial charge is 0.330 e. The fraction of sp³-hybridized carbons (Fsp3) is 0.263. The molecule has 1 amide bonds. The van der Waals surface area contributed by atoms with Gasteiger partial charge in [-0.25, -0.2) is 4.79 Å². The normalized spacial score (nSPS) is 11.5. The van der Waals surface area contributed by atoms with Crippen molar-refractivity contribution >= 4 is 11.9 Å². The molecule has 1 unspecified atom stereocenters. The molecule has 2 rings (SSSR count). The Morgan fingerprint density at radius 3 is 2.40 bits per heavy atom. The molecule has 2 aromatic carbocycles. The number of hydrogen-bond acceptors (Lipinski definition) is 4. The van der Waals surface area contributed by atoms with Gasteiger partial charge in [-0.1, -0.05) is 24.3 Å². The number of aryl methyl sites for hydroxylation is 2. The Bertz CT molecular complexity index is 755. The highest BCUT2D eigenvalue weighted by Crippen LogP contribution is 2.20. The Balaban J connectivity index is 2.02. The van der Waals surface area contributed by atoms with E-state index in [4.69, 9.17) is 9.47 Å². The van der Waals surface area contributed by atoms with Gasteiger partial charge in [0, 0.05) is 0 Å². The van der Waals surface area contributed by atoms with Crippen LogP contribution in [-0.2, 0) is 9.59 Å². The second-order valence-corrected chi connectivity index (χ2v) is 5.67. The predicted octanol–water partition coefficient (Wildman–Crippen LogP) is 2.63. The Kier molecular flexibility index (Phi) is 6.00. The van der Waals surface area contributed by atoms with Crippen molar-refractivity contribution in [1.29, 1.82) is 0 Å². The average Bonchev–Trinajstić information content (AvgIpc) is 2.60. The maximum absolute atomic E-state index is 12.1. The number of amides is 1. The summed E-state index contributed by atoms with van der Waals surface area (Å²) in [5, 5.41) is 11.9. The number of hydrogen-bond donors (Lipinski definition) is 2. The first-order valence-corrected chi connectivity index (χ1v) is 7.77. The lowest BCUT2D eigenvalue weighted by Crippen LogP contribution is -2.36. The standard InChI is InChI=1S/C19H21NO5/c1-12-4-5-13(2)16(10-12)25-11-17(21)20-18(19(22)23)14-6-8-15(24-3)9-7-14/h4-10,18H,11H2,1-3H3,(H,20,21)(H,22,23). The molecule has 0 saturated heterocycles. The molecule has 0 saturated carbocycles. The van der Waals surface area contributed by atoms with Crippen LogP contribution >= 0.6 is 0 Å². The fourth-order valence-corrected chi connectivity index (χ4v) is 2.29. The van der Waals surface area contributed by atoms with Gasteiger partial charge in [0.2, 0.25) is 0 Å².